The Labute approximate surface area is 124 Å². The smallest absolute Gasteiger partial charge is 0.243 e. The van der Waals surface area contributed by atoms with Crippen LogP contribution < -0.4 is 5.73 Å². The molecule has 0 amide bonds. The van der Waals surface area contributed by atoms with Gasteiger partial charge in [0.05, 0.1) is 4.90 Å². The van der Waals surface area contributed by atoms with Crippen molar-refractivity contribution in [3.05, 3.63) is 23.5 Å². The van der Waals surface area contributed by atoms with Gasteiger partial charge in [0.1, 0.15) is 5.82 Å². The van der Waals surface area contributed by atoms with Gasteiger partial charge >= 0.3 is 0 Å². The first-order valence-corrected chi connectivity index (χ1v) is 9.07. The molecule has 4 nitrogen and oxygen atoms in total. The normalized spacial score (nSPS) is 13.7. The maximum absolute atomic E-state index is 13.7. The fourth-order valence-electron chi connectivity index (χ4n) is 1.70. The van der Waals surface area contributed by atoms with Crippen LogP contribution in [0, 0.1) is 12.7 Å². The highest BCUT2D eigenvalue weighted by atomic mass is 32.2. The van der Waals surface area contributed by atoms with Gasteiger partial charge in [0.25, 0.3) is 0 Å². The lowest BCUT2D eigenvalue weighted by atomic mass is 10.2. The molecule has 1 atom stereocenters. The van der Waals surface area contributed by atoms with Crippen molar-refractivity contribution >= 4 is 27.5 Å². The molecule has 20 heavy (non-hydrogen) atoms. The number of benzene rings is 1. The highest BCUT2D eigenvalue weighted by Gasteiger charge is 2.26. The number of nitrogens with zero attached hydrogens (tertiary/aromatic N) is 1. The lowest BCUT2D eigenvalue weighted by Crippen LogP contribution is -2.35. The van der Waals surface area contributed by atoms with E-state index in [2.05, 4.69) is 0 Å². The summed E-state index contributed by atoms with van der Waals surface area (Å²) >= 11 is 1.66. The molecule has 1 rings (SSSR count). The van der Waals surface area contributed by atoms with Gasteiger partial charge in [-0.2, -0.15) is 16.1 Å². The minimum atomic E-state index is -3.73. The molecule has 1 aromatic rings. The highest BCUT2D eigenvalue weighted by molar-refractivity contribution is 7.98. The quantitative estimate of drug-likeness (QED) is 0.818. The third-order valence-corrected chi connectivity index (χ3v) is 5.99. The molecule has 7 heteroatoms. The monoisotopic (exact) mass is 320 g/mol. The number of nitrogens with two attached hydrogens (primary N) is 1. The average molecular weight is 320 g/mol. The Morgan fingerprint density at radius 1 is 1.45 bits per heavy atom. The summed E-state index contributed by atoms with van der Waals surface area (Å²) in [4.78, 5) is -0.100. The number of halogens is 1. The molecule has 1 aromatic carbocycles. The van der Waals surface area contributed by atoms with E-state index in [1.54, 1.807) is 11.8 Å². The topological polar surface area (TPSA) is 63.4 Å². The maximum atomic E-state index is 13.7. The van der Waals surface area contributed by atoms with Gasteiger partial charge in [0, 0.05) is 24.3 Å². The first-order chi connectivity index (χ1) is 9.21. The van der Waals surface area contributed by atoms with Crippen LogP contribution in [-0.4, -0.2) is 37.8 Å². The Balaban J connectivity index is 3.10. The number of sulfonamides is 1. The van der Waals surface area contributed by atoms with Gasteiger partial charge in [-0.3, -0.25) is 0 Å². The van der Waals surface area contributed by atoms with Gasteiger partial charge < -0.3 is 5.73 Å². The highest BCUT2D eigenvalue weighted by Crippen LogP contribution is 2.24. The third-order valence-electron chi connectivity index (χ3n) is 3.40. The van der Waals surface area contributed by atoms with Crippen molar-refractivity contribution in [2.75, 3.05) is 24.8 Å². The molecule has 0 spiro atoms. The molecule has 0 heterocycles. The maximum Gasteiger partial charge on any atom is 0.243 e. The zero-order valence-electron chi connectivity index (χ0n) is 12.2. The molecular weight excluding hydrogens is 299 g/mol. The number of anilines is 1. The summed E-state index contributed by atoms with van der Waals surface area (Å²) in [6, 6.07) is 2.18. The van der Waals surface area contributed by atoms with E-state index in [0.29, 0.717) is 0 Å². The van der Waals surface area contributed by atoms with E-state index in [4.69, 9.17) is 5.73 Å². The largest absolute Gasteiger partial charge is 0.398 e. The van der Waals surface area contributed by atoms with Gasteiger partial charge in [-0.15, -0.1) is 0 Å². The predicted octanol–water partition coefficient (Wildman–Crippen LogP) is 2.48. The van der Waals surface area contributed by atoms with E-state index in [1.807, 2.05) is 13.2 Å². The van der Waals surface area contributed by atoms with E-state index in [9.17, 15) is 12.8 Å². The average Bonchev–Trinajstić information content (AvgIpc) is 2.40. The summed E-state index contributed by atoms with van der Waals surface area (Å²) in [6.45, 7) is 3.35. The second-order valence-electron chi connectivity index (χ2n) is 4.77. The van der Waals surface area contributed by atoms with Gasteiger partial charge in [-0.05, 0) is 44.4 Å². The zero-order valence-corrected chi connectivity index (χ0v) is 13.8. The summed E-state index contributed by atoms with van der Waals surface area (Å²) in [5.41, 5.74) is 6.06. The van der Waals surface area contributed by atoms with Crippen molar-refractivity contribution in [1.82, 2.24) is 4.31 Å². The Kier molecular flexibility index (Phi) is 5.85. The summed E-state index contributed by atoms with van der Waals surface area (Å²) < 4.78 is 39.8. The molecule has 114 valence electrons. The van der Waals surface area contributed by atoms with E-state index in [0.717, 1.165) is 18.2 Å². The second kappa shape index (κ2) is 6.78. The van der Waals surface area contributed by atoms with E-state index < -0.39 is 15.8 Å². The number of thioether (sulfide) groups is 1. The summed E-state index contributed by atoms with van der Waals surface area (Å²) in [6.07, 6.45) is 2.71. The molecule has 2 N–H and O–H groups in total. The first kappa shape index (κ1) is 17.3. The molecule has 0 bridgehead atoms. The number of hydrogen-bond donors (Lipinski definition) is 1. The Morgan fingerprint density at radius 3 is 2.55 bits per heavy atom. The van der Waals surface area contributed by atoms with Crippen LogP contribution in [0.25, 0.3) is 0 Å². The van der Waals surface area contributed by atoms with Crippen molar-refractivity contribution in [3.8, 4) is 0 Å². The van der Waals surface area contributed by atoms with Crippen LogP contribution in [0.5, 0.6) is 0 Å². The minimum absolute atomic E-state index is 0.100. The van der Waals surface area contributed by atoms with Crippen LogP contribution in [0.3, 0.4) is 0 Å². The molecule has 0 aromatic heterocycles. The van der Waals surface area contributed by atoms with Gasteiger partial charge in [-0.1, -0.05) is 0 Å². The Bertz CT molecular complexity index is 553. The van der Waals surface area contributed by atoms with Crippen LogP contribution in [0.1, 0.15) is 18.9 Å². The Morgan fingerprint density at radius 2 is 2.05 bits per heavy atom. The number of hydrogen-bond acceptors (Lipinski definition) is 4. The minimum Gasteiger partial charge on any atom is -0.398 e. The predicted molar refractivity (Wildman–Crippen MR) is 83.0 cm³/mol. The molecule has 0 radical (unpaired) electrons. The van der Waals surface area contributed by atoms with E-state index >= 15 is 0 Å². The van der Waals surface area contributed by atoms with Gasteiger partial charge in [0.2, 0.25) is 10.0 Å². The molecule has 0 aliphatic carbocycles. The van der Waals surface area contributed by atoms with Crippen molar-refractivity contribution in [1.29, 1.82) is 0 Å². The van der Waals surface area contributed by atoms with Crippen molar-refractivity contribution in [2.45, 2.75) is 31.2 Å². The van der Waals surface area contributed by atoms with Gasteiger partial charge in [0.15, 0.2) is 0 Å². The van der Waals surface area contributed by atoms with Crippen LogP contribution in [-0.2, 0) is 10.0 Å². The number of nitrogen functional groups attached to an aromatic ring is 1. The fourth-order valence-corrected chi connectivity index (χ4v) is 3.71. The van der Waals surface area contributed by atoms with Crippen LogP contribution in [0.4, 0.5) is 10.1 Å². The third kappa shape index (κ3) is 3.65. The SMILES string of the molecule is CSCCC(C)N(C)S(=O)(=O)c1cc(N)c(C)c(F)c1. The molecule has 0 aliphatic heterocycles. The number of rotatable bonds is 6. The van der Waals surface area contributed by atoms with E-state index in [1.165, 1.54) is 24.3 Å². The summed E-state index contributed by atoms with van der Waals surface area (Å²) in [7, 11) is -2.22. The van der Waals surface area contributed by atoms with Gasteiger partial charge in [-0.25, -0.2) is 12.8 Å². The van der Waals surface area contributed by atoms with Crippen LogP contribution in [0.15, 0.2) is 17.0 Å². The molecule has 0 saturated heterocycles. The lowest BCUT2D eigenvalue weighted by Gasteiger charge is -2.24. The molecule has 0 saturated carbocycles. The summed E-state index contributed by atoms with van der Waals surface area (Å²) in [5, 5.41) is 0. The van der Waals surface area contributed by atoms with E-state index in [-0.39, 0.29) is 22.2 Å². The van der Waals surface area contributed by atoms with Crippen molar-refractivity contribution in [2.24, 2.45) is 0 Å². The van der Waals surface area contributed by atoms with Crippen LogP contribution in [0.2, 0.25) is 0 Å². The molecule has 0 aliphatic rings. The standard InChI is InChI=1S/C13H21FN2O2S2/c1-9(5-6-19-4)16(3)20(17,18)11-7-12(14)10(2)13(15)8-11/h7-9H,5-6,15H2,1-4H3. The lowest BCUT2D eigenvalue weighted by molar-refractivity contribution is 0.382. The first-order valence-electron chi connectivity index (χ1n) is 6.24. The molecule has 1 unspecified atom stereocenters. The second-order valence-corrected chi connectivity index (χ2v) is 7.75. The zero-order chi connectivity index (χ0) is 15.5. The fraction of sp³-hybridized carbons (Fsp3) is 0.538. The van der Waals surface area contributed by atoms with Crippen molar-refractivity contribution in [3.63, 3.8) is 0 Å². The summed E-state index contributed by atoms with van der Waals surface area (Å²) in [5.74, 6) is 0.263. The molecular formula is C13H21FN2O2S2. The Hall–Kier alpha value is -0.790. The van der Waals surface area contributed by atoms with Crippen LogP contribution >= 0.6 is 11.8 Å². The van der Waals surface area contributed by atoms with Crippen molar-refractivity contribution < 1.29 is 12.8 Å². The molecule has 0 fully saturated rings.